The first-order valence-electron chi connectivity index (χ1n) is 4.46. The fourth-order valence-corrected chi connectivity index (χ4v) is 1.40. The van der Waals surface area contributed by atoms with Crippen LogP contribution in [0.2, 0.25) is 5.02 Å². The van der Waals surface area contributed by atoms with E-state index >= 15 is 0 Å². The molecule has 1 atom stereocenters. The zero-order valence-corrected chi connectivity index (χ0v) is 9.13. The normalized spacial score (nSPS) is 13.4. The summed E-state index contributed by atoms with van der Waals surface area (Å²) < 4.78 is 42.2. The standard InChI is InChI=1S/C10H8ClF3O3/c11-7-3-1-2-6(4-7)9(10(12,13)14)17-5-8(15)16/h1-4,9H,5H2,(H,15,16). The van der Waals surface area contributed by atoms with Crippen LogP contribution in [-0.2, 0) is 9.53 Å². The highest BCUT2D eigenvalue weighted by atomic mass is 35.5. The fraction of sp³-hybridized carbons (Fsp3) is 0.300. The number of hydrogen-bond donors (Lipinski definition) is 1. The molecule has 1 rings (SSSR count). The van der Waals surface area contributed by atoms with Crippen LogP contribution in [0, 0.1) is 0 Å². The highest BCUT2D eigenvalue weighted by Crippen LogP contribution is 2.36. The lowest BCUT2D eigenvalue weighted by Gasteiger charge is -2.20. The number of carboxylic acid groups (broad SMARTS) is 1. The maximum atomic E-state index is 12.6. The minimum Gasteiger partial charge on any atom is -0.480 e. The van der Waals surface area contributed by atoms with Crippen molar-refractivity contribution < 1.29 is 27.8 Å². The first-order chi connectivity index (χ1) is 7.80. The topological polar surface area (TPSA) is 46.5 Å². The average molecular weight is 269 g/mol. The van der Waals surface area contributed by atoms with Crippen LogP contribution in [0.15, 0.2) is 24.3 Å². The van der Waals surface area contributed by atoms with Crippen molar-refractivity contribution in [2.75, 3.05) is 6.61 Å². The number of alkyl halides is 3. The van der Waals surface area contributed by atoms with Crippen LogP contribution in [0.1, 0.15) is 11.7 Å². The molecule has 0 aromatic heterocycles. The molecule has 1 aromatic carbocycles. The molecule has 1 N–H and O–H groups in total. The van der Waals surface area contributed by atoms with Crippen molar-refractivity contribution in [1.29, 1.82) is 0 Å². The minimum absolute atomic E-state index is 0.121. The van der Waals surface area contributed by atoms with Gasteiger partial charge in [-0.25, -0.2) is 4.79 Å². The zero-order chi connectivity index (χ0) is 13.1. The van der Waals surface area contributed by atoms with Crippen molar-refractivity contribution >= 4 is 17.6 Å². The Kier molecular flexibility index (Phi) is 4.36. The number of ether oxygens (including phenoxy) is 1. The second-order valence-corrected chi connectivity index (χ2v) is 3.62. The number of hydrogen-bond acceptors (Lipinski definition) is 2. The Hall–Kier alpha value is -1.27. The Bertz CT molecular complexity index is 406. The molecule has 0 aliphatic rings. The number of rotatable bonds is 4. The van der Waals surface area contributed by atoms with E-state index in [0.717, 1.165) is 6.07 Å². The van der Waals surface area contributed by atoms with Crippen molar-refractivity contribution in [2.24, 2.45) is 0 Å². The maximum Gasteiger partial charge on any atom is 0.418 e. The molecule has 7 heteroatoms. The van der Waals surface area contributed by atoms with Crippen molar-refractivity contribution in [3.63, 3.8) is 0 Å². The summed E-state index contributed by atoms with van der Waals surface area (Å²) in [7, 11) is 0. The Labute approximate surface area is 99.8 Å². The van der Waals surface area contributed by atoms with Gasteiger partial charge in [-0.2, -0.15) is 13.2 Å². The molecule has 1 aromatic rings. The summed E-state index contributed by atoms with van der Waals surface area (Å²) in [5, 5.41) is 8.43. The summed E-state index contributed by atoms with van der Waals surface area (Å²) in [6, 6.07) is 5.00. The third-order valence-corrected chi connectivity index (χ3v) is 2.06. The van der Waals surface area contributed by atoms with Gasteiger partial charge in [0.25, 0.3) is 0 Å². The molecule has 0 spiro atoms. The van der Waals surface area contributed by atoms with Gasteiger partial charge in [-0.1, -0.05) is 23.7 Å². The van der Waals surface area contributed by atoms with Crippen LogP contribution in [0.4, 0.5) is 13.2 Å². The molecule has 0 bridgehead atoms. The molecule has 0 aliphatic heterocycles. The Balaban J connectivity index is 2.94. The highest BCUT2D eigenvalue weighted by Gasteiger charge is 2.42. The lowest BCUT2D eigenvalue weighted by Crippen LogP contribution is -2.25. The summed E-state index contributed by atoms with van der Waals surface area (Å²) in [4.78, 5) is 10.2. The van der Waals surface area contributed by atoms with E-state index in [9.17, 15) is 18.0 Å². The van der Waals surface area contributed by atoms with Crippen molar-refractivity contribution in [3.05, 3.63) is 34.9 Å². The van der Waals surface area contributed by atoms with Crippen LogP contribution in [0.25, 0.3) is 0 Å². The van der Waals surface area contributed by atoms with Gasteiger partial charge < -0.3 is 9.84 Å². The van der Waals surface area contributed by atoms with Gasteiger partial charge >= 0.3 is 12.1 Å². The molecule has 0 saturated heterocycles. The summed E-state index contributed by atoms with van der Waals surface area (Å²) in [6.45, 7) is -1.03. The van der Waals surface area contributed by atoms with E-state index in [1.807, 2.05) is 0 Å². The molecule has 0 radical (unpaired) electrons. The van der Waals surface area contributed by atoms with Crippen molar-refractivity contribution in [1.82, 2.24) is 0 Å². The minimum atomic E-state index is -4.69. The van der Waals surface area contributed by atoms with Crippen molar-refractivity contribution in [2.45, 2.75) is 12.3 Å². The Morgan fingerprint density at radius 3 is 2.59 bits per heavy atom. The second kappa shape index (κ2) is 5.37. The van der Waals surface area contributed by atoms with Gasteiger partial charge in [0.15, 0.2) is 6.10 Å². The SMILES string of the molecule is O=C(O)COC(c1cccc(Cl)c1)C(F)(F)F. The number of benzene rings is 1. The van der Waals surface area contributed by atoms with Gasteiger partial charge in [0.1, 0.15) is 6.61 Å². The predicted molar refractivity (Wildman–Crippen MR) is 53.8 cm³/mol. The van der Waals surface area contributed by atoms with Gasteiger partial charge in [-0.05, 0) is 17.7 Å². The van der Waals surface area contributed by atoms with Gasteiger partial charge in [0.2, 0.25) is 0 Å². The molecule has 0 heterocycles. The van der Waals surface area contributed by atoms with Gasteiger partial charge in [0.05, 0.1) is 0 Å². The molecule has 3 nitrogen and oxygen atoms in total. The summed E-state index contributed by atoms with van der Waals surface area (Å²) in [5.74, 6) is -1.47. The predicted octanol–water partition coefficient (Wildman–Crippen LogP) is 3.04. The molecule has 0 aliphatic carbocycles. The summed E-state index contributed by atoms with van der Waals surface area (Å²) in [5.41, 5.74) is -0.230. The molecule has 1 unspecified atom stereocenters. The first-order valence-corrected chi connectivity index (χ1v) is 4.84. The number of carboxylic acids is 1. The summed E-state index contributed by atoms with van der Waals surface area (Å²) in [6.07, 6.45) is -6.99. The zero-order valence-electron chi connectivity index (χ0n) is 8.37. The highest BCUT2D eigenvalue weighted by molar-refractivity contribution is 6.30. The van der Waals surface area contributed by atoms with Gasteiger partial charge in [-0.15, -0.1) is 0 Å². The fourth-order valence-electron chi connectivity index (χ4n) is 1.20. The van der Waals surface area contributed by atoms with E-state index in [2.05, 4.69) is 4.74 Å². The summed E-state index contributed by atoms with van der Waals surface area (Å²) >= 11 is 5.56. The van der Waals surface area contributed by atoms with E-state index in [4.69, 9.17) is 16.7 Å². The Morgan fingerprint density at radius 1 is 1.47 bits per heavy atom. The molecule has 94 valence electrons. The lowest BCUT2D eigenvalue weighted by molar-refractivity contribution is -0.225. The first kappa shape index (κ1) is 13.8. The van der Waals surface area contributed by atoms with E-state index in [1.165, 1.54) is 18.2 Å². The smallest absolute Gasteiger partial charge is 0.418 e. The average Bonchev–Trinajstić information content (AvgIpc) is 2.15. The Morgan fingerprint density at radius 2 is 2.12 bits per heavy atom. The quantitative estimate of drug-likeness (QED) is 0.913. The van der Waals surface area contributed by atoms with Gasteiger partial charge in [-0.3, -0.25) is 0 Å². The van der Waals surface area contributed by atoms with Crippen LogP contribution >= 0.6 is 11.6 Å². The van der Waals surface area contributed by atoms with Crippen LogP contribution in [0.5, 0.6) is 0 Å². The third-order valence-electron chi connectivity index (χ3n) is 1.82. The number of carbonyl (C=O) groups is 1. The van der Waals surface area contributed by atoms with Crippen LogP contribution in [-0.4, -0.2) is 23.9 Å². The largest absolute Gasteiger partial charge is 0.480 e. The number of aliphatic carboxylic acids is 1. The molecule has 0 fully saturated rings. The van der Waals surface area contributed by atoms with Crippen molar-refractivity contribution in [3.8, 4) is 0 Å². The third kappa shape index (κ3) is 4.24. The molecule has 17 heavy (non-hydrogen) atoms. The maximum absolute atomic E-state index is 12.6. The van der Waals surface area contributed by atoms with E-state index in [-0.39, 0.29) is 10.6 Å². The lowest BCUT2D eigenvalue weighted by atomic mass is 10.1. The van der Waals surface area contributed by atoms with E-state index in [0.29, 0.717) is 0 Å². The molecular weight excluding hydrogens is 261 g/mol. The molecule has 0 saturated carbocycles. The number of halogens is 4. The van der Waals surface area contributed by atoms with E-state index in [1.54, 1.807) is 0 Å². The molecule has 0 amide bonds. The van der Waals surface area contributed by atoms with Gasteiger partial charge in [0, 0.05) is 5.02 Å². The van der Waals surface area contributed by atoms with Crippen LogP contribution in [0.3, 0.4) is 0 Å². The molecular formula is C10H8ClF3O3. The van der Waals surface area contributed by atoms with E-state index < -0.39 is 24.9 Å². The van der Waals surface area contributed by atoms with Crippen LogP contribution < -0.4 is 0 Å². The monoisotopic (exact) mass is 268 g/mol. The second-order valence-electron chi connectivity index (χ2n) is 3.18.